The number of benzene rings is 1. The van der Waals surface area contributed by atoms with E-state index in [1.165, 1.54) is 11.1 Å². The van der Waals surface area contributed by atoms with Gasteiger partial charge in [-0.05, 0) is 37.3 Å². The molecule has 0 aliphatic rings. The smallest absolute Gasteiger partial charge is 0.303 e. The largest absolute Gasteiger partial charge is 0.481 e. The molecule has 0 fully saturated rings. The van der Waals surface area contributed by atoms with Crippen molar-refractivity contribution in [1.82, 2.24) is 5.32 Å². The second-order valence-electron chi connectivity index (χ2n) is 6.52. The maximum atomic E-state index is 10.5. The molecule has 0 aromatic heterocycles. The van der Waals surface area contributed by atoms with E-state index in [2.05, 4.69) is 57.3 Å². The summed E-state index contributed by atoms with van der Waals surface area (Å²) >= 11 is 0. The van der Waals surface area contributed by atoms with Gasteiger partial charge in [-0.1, -0.05) is 50.6 Å². The lowest BCUT2D eigenvalue weighted by molar-refractivity contribution is -0.137. The van der Waals surface area contributed by atoms with Gasteiger partial charge >= 0.3 is 5.97 Å². The molecule has 1 rings (SSSR count). The molecule has 0 heterocycles. The summed E-state index contributed by atoms with van der Waals surface area (Å²) in [5.41, 5.74) is 2.70. The van der Waals surface area contributed by atoms with E-state index in [0.717, 1.165) is 19.4 Å². The minimum Gasteiger partial charge on any atom is -0.481 e. The van der Waals surface area contributed by atoms with Gasteiger partial charge in [0.25, 0.3) is 0 Å². The van der Waals surface area contributed by atoms with Crippen LogP contribution in [0.15, 0.2) is 24.3 Å². The second kappa shape index (κ2) is 7.44. The summed E-state index contributed by atoms with van der Waals surface area (Å²) in [6.45, 7) is 9.64. The fourth-order valence-corrected chi connectivity index (χ4v) is 2.42. The molecule has 0 spiro atoms. The number of hydrogen-bond acceptors (Lipinski definition) is 2. The SMILES string of the molecule is Cc1cccc(C(NCCCCC(=O)O)C(C)(C)C)c1. The summed E-state index contributed by atoms with van der Waals surface area (Å²) in [7, 11) is 0. The third kappa shape index (κ3) is 5.74. The van der Waals surface area contributed by atoms with E-state index in [4.69, 9.17) is 5.11 Å². The molecular formula is C17H27NO2. The van der Waals surface area contributed by atoms with E-state index in [9.17, 15) is 4.79 Å². The molecule has 0 radical (unpaired) electrons. The van der Waals surface area contributed by atoms with Gasteiger partial charge in [0.2, 0.25) is 0 Å². The number of nitrogens with one attached hydrogen (secondary N) is 1. The summed E-state index contributed by atoms with van der Waals surface area (Å²) in [6.07, 6.45) is 1.88. The van der Waals surface area contributed by atoms with Crippen LogP contribution in [0, 0.1) is 12.3 Å². The molecule has 2 N–H and O–H groups in total. The quantitative estimate of drug-likeness (QED) is 0.742. The highest BCUT2D eigenvalue weighted by atomic mass is 16.4. The number of carboxylic acids is 1. The molecule has 0 bridgehead atoms. The van der Waals surface area contributed by atoms with Gasteiger partial charge < -0.3 is 10.4 Å². The summed E-state index contributed by atoms with van der Waals surface area (Å²) in [5, 5.41) is 12.2. The molecule has 112 valence electrons. The van der Waals surface area contributed by atoms with Crippen LogP contribution in [0.1, 0.15) is 57.2 Å². The van der Waals surface area contributed by atoms with Crippen LogP contribution in [0.4, 0.5) is 0 Å². The Bertz CT molecular complexity index is 435. The maximum Gasteiger partial charge on any atom is 0.303 e. The zero-order valence-electron chi connectivity index (χ0n) is 13.1. The third-order valence-corrected chi connectivity index (χ3v) is 3.41. The van der Waals surface area contributed by atoms with E-state index in [-0.39, 0.29) is 17.9 Å². The van der Waals surface area contributed by atoms with Crippen molar-refractivity contribution < 1.29 is 9.90 Å². The number of aryl methyl sites for hydroxylation is 1. The minimum atomic E-state index is -0.712. The van der Waals surface area contributed by atoms with Gasteiger partial charge in [0.05, 0.1) is 0 Å². The average Bonchev–Trinajstić information content (AvgIpc) is 2.31. The van der Waals surface area contributed by atoms with Crippen molar-refractivity contribution in [2.75, 3.05) is 6.54 Å². The van der Waals surface area contributed by atoms with E-state index >= 15 is 0 Å². The molecule has 3 nitrogen and oxygen atoms in total. The molecule has 0 saturated carbocycles. The Morgan fingerprint density at radius 1 is 1.30 bits per heavy atom. The molecular weight excluding hydrogens is 250 g/mol. The van der Waals surface area contributed by atoms with E-state index in [1.54, 1.807) is 0 Å². The number of rotatable bonds is 7. The van der Waals surface area contributed by atoms with Crippen molar-refractivity contribution in [1.29, 1.82) is 0 Å². The lowest BCUT2D eigenvalue weighted by Gasteiger charge is -2.32. The van der Waals surface area contributed by atoms with Crippen LogP contribution in [0.5, 0.6) is 0 Å². The van der Waals surface area contributed by atoms with Gasteiger partial charge in [-0.3, -0.25) is 4.79 Å². The summed E-state index contributed by atoms with van der Waals surface area (Å²) in [4.78, 5) is 10.5. The minimum absolute atomic E-state index is 0.126. The molecule has 1 aromatic carbocycles. The number of carboxylic acid groups (broad SMARTS) is 1. The standard InChI is InChI=1S/C17H27NO2/c1-13-8-7-9-14(12-13)16(17(2,3)4)18-11-6-5-10-15(19)20/h7-9,12,16,18H,5-6,10-11H2,1-4H3,(H,19,20). The van der Waals surface area contributed by atoms with Crippen molar-refractivity contribution in [2.45, 2.75) is 53.0 Å². The van der Waals surface area contributed by atoms with Gasteiger partial charge in [0.15, 0.2) is 0 Å². The molecule has 3 heteroatoms. The Morgan fingerprint density at radius 2 is 2.00 bits per heavy atom. The lowest BCUT2D eigenvalue weighted by Crippen LogP contribution is -2.33. The number of carbonyl (C=O) groups is 1. The predicted octanol–water partition coefficient (Wildman–Crippen LogP) is 3.93. The predicted molar refractivity (Wildman–Crippen MR) is 82.9 cm³/mol. The highest BCUT2D eigenvalue weighted by molar-refractivity contribution is 5.66. The zero-order chi connectivity index (χ0) is 15.2. The van der Waals surface area contributed by atoms with Crippen molar-refractivity contribution in [2.24, 2.45) is 5.41 Å². The number of unbranched alkanes of at least 4 members (excludes halogenated alkanes) is 1. The Hall–Kier alpha value is -1.35. The van der Waals surface area contributed by atoms with Gasteiger partial charge in [-0.25, -0.2) is 0 Å². The van der Waals surface area contributed by atoms with Crippen LogP contribution < -0.4 is 5.32 Å². The molecule has 0 saturated heterocycles. The molecule has 1 unspecified atom stereocenters. The molecule has 1 atom stereocenters. The van der Waals surface area contributed by atoms with Crippen LogP contribution in [0.25, 0.3) is 0 Å². The topological polar surface area (TPSA) is 49.3 Å². The first-order chi connectivity index (χ1) is 9.30. The Morgan fingerprint density at radius 3 is 2.55 bits per heavy atom. The van der Waals surface area contributed by atoms with Crippen LogP contribution in [-0.4, -0.2) is 17.6 Å². The molecule has 0 amide bonds. The molecule has 0 aliphatic carbocycles. The summed E-state index contributed by atoms with van der Waals surface area (Å²) in [6, 6.07) is 8.87. The summed E-state index contributed by atoms with van der Waals surface area (Å²) < 4.78 is 0. The van der Waals surface area contributed by atoms with Crippen molar-refractivity contribution >= 4 is 5.97 Å². The van der Waals surface area contributed by atoms with Gasteiger partial charge in [-0.15, -0.1) is 0 Å². The van der Waals surface area contributed by atoms with Gasteiger partial charge in [-0.2, -0.15) is 0 Å². The first-order valence-corrected chi connectivity index (χ1v) is 7.32. The third-order valence-electron chi connectivity index (χ3n) is 3.41. The zero-order valence-corrected chi connectivity index (χ0v) is 13.1. The summed E-state index contributed by atoms with van der Waals surface area (Å²) in [5.74, 6) is -0.712. The second-order valence-corrected chi connectivity index (χ2v) is 6.52. The van der Waals surface area contributed by atoms with E-state index in [1.807, 2.05) is 0 Å². The van der Waals surface area contributed by atoms with Gasteiger partial charge in [0.1, 0.15) is 0 Å². The van der Waals surface area contributed by atoms with Crippen molar-refractivity contribution in [3.05, 3.63) is 35.4 Å². The first-order valence-electron chi connectivity index (χ1n) is 7.32. The van der Waals surface area contributed by atoms with Gasteiger partial charge in [0, 0.05) is 12.5 Å². The van der Waals surface area contributed by atoms with Crippen LogP contribution in [-0.2, 0) is 4.79 Å². The Kier molecular flexibility index (Phi) is 6.21. The fraction of sp³-hybridized carbons (Fsp3) is 0.588. The lowest BCUT2D eigenvalue weighted by atomic mass is 9.82. The first kappa shape index (κ1) is 16.7. The normalized spacial score (nSPS) is 13.2. The Balaban J connectivity index is 2.60. The van der Waals surface area contributed by atoms with Crippen molar-refractivity contribution in [3.63, 3.8) is 0 Å². The van der Waals surface area contributed by atoms with E-state index < -0.39 is 5.97 Å². The average molecular weight is 277 g/mol. The monoisotopic (exact) mass is 277 g/mol. The fourth-order valence-electron chi connectivity index (χ4n) is 2.42. The van der Waals surface area contributed by atoms with Crippen molar-refractivity contribution in [3.8, 4) is 0 Å². The van der Waals surface area contributed by atoms with E-state index in [0.29, 0.717) is 0 Å². The molecule has 0 aliphatic heterocycles. The van der Waals surface area contributed by atoms with Crippen LogP contribution >= 0.6 is 0 Å². The molecule has 20 heavy (non-hydrogen) atoms. The molecule has 1 aromatic rings. The highest BCUT2D eigenvalue weighted by Crippen LogP contribution is 2.33. The van der Waals surface area contributed by atoms with Crippen LogP contribution in [0.2, 0.25) is 0 Å². The highest BCUT2D eigenvalue weighted by Gasteiger charge is 2.25. The Labute approximate surface area is 122 Å². The van der Waals surface area contributed by atoms with Crippen LogP contribution in [0.3, 0.4) is 0 Å². The number of aliphatic carboxylic acids is 1. The number of hydrogen-bond donors (Lipinski definition) is 2. The maximum absolute atomic E-state index is 10.5.